The number of benzene rings is 1. The van der Waals surface area contributed by atoms with Gasteiger partial charge in [0.25, 0.3) is 0 Å². The van der Waals surface area contributed by atoms with Crippen LogP contribution in [0.5, 0.6) is 5.75 Å². The Kier molecular flexibility index (Phi) is 4.21. The van der Waals surface area contributed by atoms with E-state index in [-0.39, 0.29) is 10.6 Å². The highest BCUT2D eigenvalue weighted by atomic mass is 79.9. The lowest BCUT2D eigenvalue weighted by atomic mass is 10.3. The predicted octanol–water partition coefficient (Wildman–Crippen LogP) is 2.83. The number of aromatic nitrogens is 1. The molecule has 0 unspecified atom stereocenters. The zero-order chi connectivity index (χ0) is 13.9. The minimum Gasteiger partial charge on any atom is -0.495 e. The van der Waals surface area contributed by atoms with Gasteiger partial charge in [0.05, 0.1) is 12.9 Å². The van der Waals surface area contributed by atoms with Gasteiger partial charge in [0.2, 0.25) is 0 Å². The van der Waals surface area contributed by atoms with Crippen LogP contribution in [0.2, 0.25) is 0 Å². The molecule has 1 aromatic heterocycles. The first-order chi connectivity index (χ1) is 9.03. The molecular weight excluding hydrogens is 330 g/mol. The number of halogens is 1. The van der Waals surface area contributed by atoms with Crippen LogP contribution in [-0.2, 0) is 15.6 Å². The Morgan fingerprint density at radius 3 is 2.53 bits per heavy atom. The molecule has 2 aromatic rings. The Bertz CT molecular complexity index is 672. The van der Waals surface area contributed by atoms with Crippen molar-refractivity contribution in [2.75, 3.05) is 7.11 Å². The second kappa shape index (κ2) is 5.71. The molecule has 4 nitrogen and oxygen atoms in total. The zero-order valence-corrected chi connectivity index (χ0v) is 12.6. The Morgan fingerprint density at radius 2 is 1.89 bits per heavy atom. The van der Waals surface area contributed by atoms with Crippen LogP contribution in [0.25, 0.3) is 0 Å². The summed E-state index contributed by atoms with van der Waals surface area (Å²) in [5.74, 6) is 0.264. The van der Waals surface area contributed by atoms with Crippen molar-refractivity contribution in [2.24, 2.45) is 0 Å². The fourth-order valence-corrected chi connectivity index (χ4v) is 3.73. The zero-order valence-electron chi connectivity index (χ0n) is 10.2. The highest BCUT2D eigenvalue weighted by Crippen LogP contribution is 2.29. The molecule has 0 saturated carbocycles. The second-order valence-corrected chi connectivity index (χ2v) is 6.78. The summed E-state index contributed by atoms with van der Waals surface area (Å²) in [6.45, 7) is 0. The molecule has 0 saturated heterocycles. The third kappa shape index (κ3) is 3.33. The number of nitrogens with zero attached hydrogens (tertiary/aromatic N) is 1. The maximum Gasteiger partial charge on any atom is 0.186 e. The molecule has 0 spiro atoms. The van der Waals surface area contributed by atoms with Gasteiger partial charge in [0.1, 0.15) is 10.6 Å². The maximum atomic E-state index is 12.4. The van der Waals surface area contributed by atoms with Crippen LogP contribution in [0, 0.1) is 0 Å². The number of ether oxygens (including phenoxy) is 1. The van der Waals surface area contributed by atoms with Gasteiger partial charge in [0.15, 0.2) is 9.84 Å². The number of sulfone groups is 1. The summed E-state index contributed by atoms with van der Waals surface area (Å²) in [6, 6.07) is 8.28. The molecule has 1 aromatic carbocycles. The smallest absolute Gasteiger partial charge is 0.186 e. The molecule has 100 valence electrons. The van der Waals surface area contributed by atoms with Gasteiger partial charge in [-0.05, 0) is 35.9 Å². The molecule has 0 amide bonds. The first kappa shape index (κ1) is 14.0. The Labute approximate surface area is 120 Å². The van der Waals surface area contributed by atoms with E-state index in [1.54, 1.807) is 42.7 Å². The van der Waals surface area contributed by atoms with Crippen molar-refractivity contribution in [1.82, 2.24) is 4.98 Å². The number of hydrogen-bond donors (Lipinski definition) is 0. The van der Waals surface area contributed by atoms with Gasteiger partial charge in [-0.1, -0.05) is 15.9 Å². The number of pyridine rings is 1. The summed E-state index contributed by atoms with van der Waals surface area (Å²) in [5, 5.41) is 0. The first-order valence-corrected chi connectivity index (χ1v) is 7.92. The van der Waals surface area contributed by atoms with Crippen molar-refractivity contribution >= 4 is 25.8 Å². The van der Waals surface area contributed by atoms with Crippen LogP contribution in [0.1, 0.15) is 5.56 Å². The van der Waals surface area contributed by atoms with Crippen LogP contribution in [0.3, 0.4) is 0 Å². The summed E-state index contributed by atoms with van der Waals surface area (Å²) in [5.41, 5.74) is 0.692. The normalized spacial score (nSPS) is 11.3. The van der Waals surface area contributed by atoms with E-state index in [9.17, 15) is 8.42 Å². The average molecular weight is 342 g/mol. The SMILES string of the molecule is COc1ccc(Br)cc1S(=O)(=O)Cc1ccncc1. The Balaban J connectivity index is 2.42. The maximum absolute atomic E-state index is 12.4. The van der Waals surface area contributed by atoms with Crippen LogP contribution in [0.15, 0.2) is 52.1 Å². The fourth-order valence-electron chi connectivity index (χ4n) is 1.67. The van der Waals surface area contributed by atoms with Crippen LogP contribution in [0.4, 0.5) is 0 Å². The van der Waals surface area contributed by atoms with E-state index in [0.717, 1.165) is 0 Å². The molecule has 19 heavy (non-hydrogen) atoms. The summed E-state index contributed by atoms with van der Waals surface area (Å²) >= 11 is 3.27. The molecule has 0 aliphatic heterocycles. The quantitative estimate of drug-likeness (QED) is 0.857. The van der Waals surface area contributed by atoms with E-state index in [1.807, 2.05) is 0 Å². The minimum absolute atomic E-state index is 0.0810. The summed E-state index contributed by atoms with van der Waals surface area (Å²) < 4.78 is 30.6. The lowest BCUT2D eigenvalue weighted by molar-refractivity contribution is 0.402. The third-order valence-corrected chi connectivity index (χ3v) is 4.76. The Hall–Kier alpha value is -1.40. The number of methoxy groups -OCH3 is 1. The molecule has 0 radical (unpaired) electrons. The molecule has 0 atom stereocenters. The Morgan fingerprint density at radius 1 is 1.21 bits per heavy atom. The second-order valence-electron chi connectivity index (χ2n) is 3.91. The van der Waals surface area contributed by atoms with Crippen molar-refractivity contribution in [3.05, 3.63) is 52.8 Å². The van der Waals surface area contributed by atoms with Crippen molar-refractivity contribution in [3.8, 4) is 5.75 Å². The third-order valence-electron chi connectivity index (χ3n) is 2.57. The van der Waals surface area contributed by atoms with E-state index in [0.29, 0.717) is 15.8 Å². The molecule has 0 aliphatic rings. The van der Waals surface area contributed by atoms with Gasteiger partial charge >= 0.3 is 0 Å². The van der Waals surface area contributed by atoms with Gasteiger partial charge in [-0.2, -0.15) is 0 Å². The summed E-state index contributed by atoms with van der Waals surface area (Å²) in [7, 11) is -2.01. The van der Waals surface area contributed by atoms with Crippen molar-refractivity contribution in [2.45, 2.75) is 10.6 Å². The van der Waals surface area contributed by atoms with Crippen LogP contribution in [-0.4, -0.2) is 20.5 Å². The van der Waals surface area contributed by atoms with Gasteiger partial charge < -0.3 is 4.74 Å². The van der Waals surface area contributed by atoms with E-state index in [2.05, 4.69) is 20.9 Å². The average Bonchev–Trinajstić information content (AvgIpc) is 2.39. The van der Waals surface area contributed by atoms with Gasteiger partial charge in [0, 0.05) is 16.9 Å². The number of rotatable bonds is 4. The summed E-state index contributed by atoms with van der Waals surface area (Å²) in [4.78, 5) is 4.05. The topological polar surface area (TPSA) is 56.3 Å². The van der Waals surface area contributed by atoms with Crippen molar-refractivity contribution in [3.63, 3.8) is 0 Å². The molecule has 0 aliphatic carbocycles. The largest absolute Gasteiger partial charge is 0.495 e. The van der Waals surface area contributed by atoms with E-state index < -0.39 is 9.84 Å². The summed E-state index contributed by atoms with van der Waals surface area (Å²) in [6.07, 6.45) is 3.14. The van der Waals surface area contributed by atoms with Crippen LogP contribution < -0.4 is 4.74 Å². The molecule has 0 fully saturated rings. The first-order valence-electron chi connectivity index (χ1n) is 5.48. The van der Waals surface area contributed by atoms with Gasteiger partial charge in [-0.3, -0.25) is 4.98 Å². The lowest BCUT2D eigenvalue weighted by Crippen LogP contribution is -2.07. The highest BCUT2D eigenvalue weighted by Gasteiger charge is 2.20. The lowest BCUT2D eigenvalue weighted by Gasteiger charge is -2.10. The van der Waals surface area contributed by atoms with Gasteiger partial charge in [-0.25, -0.2) is 8.42 Å². The highest BCUT2D eigenvalue weighted by molar-refractivity contribution is 9.10. The molecule has 1 heterocycles. The fraction of sp³-hybridized carbons (Fsp3) is 0.154. The molecule has 2 rings (SSSR count). The molecule has 6 heteroatoms. The standard InChI is InChI=1S/C13H12BrNO3S/c1-18-12-3-2-11(14)8-13(12)19(16,17)9-10-4-6-15-7-5-10/h2-8H,9H2,1H3. The van der Waals surface area contributed by atoms with Crippen molar-refractivity contribution in [1.29, 1.82) is 0 Å². The molecule has 0 bridgehead atoms. The van der Waals surface area contributed by atoms with E-state index >= 15 is 0 Å². The minimum atomic E-state index is -3.46. The molecule has 0 N–H and O–H groups in total. The van der Waals surface area contributed by atoms with Crippen molar-refractivity contribution < 1.29 is 13.2 Å². The number of hydrogen-bond acceptors (Lipinski definition) is 4. The monoisotopic (exact) mass is 341 g/mol. The van der Waals surface area contributed by atoms with Crippen LogP contribution >= 0.6 is 15.9 Å². The molecular formula is C13H12BrNO3S. The van der Waals surface area contributed by atoms with E-state index in [4.69, 9.17) is 4.74 Å². The predicted molar refractivity (Wildman–Crippen MR) is 75.8 cm³/mol. The van der Waals surface area contributed by atoms with Gasteiger partial charge in [-0.15, -0.1) is 0 Å². The van der Waals surface area contributed by atoms with E-state index in [1.165, 1.54) is 7.11 Å².